The fraction of sp³-hybridized carbons (Fsp3) is 0.833. The topological polar surface area (TPSA) is 54.2 Å². The molecule has 1 aliphatic heterocycles. The van der Waals surface area contributed by atoms with Crippen molar-refractivity contribution in [1.82, 2.24) is 19.7 Å². The molecule has 5 nitrogen and oxygen atoms in total. The van der Waals surface area contributed by atoms with Crippen LogP contribution >= 0.6 is 0 Å². The number of likely N-dealkylation sites (tertiary alicyclic amines) is 1. The Labute approximate surface area is 102 Å². The third-order valence-corrected chi connectivity index (χ3v) is 3.38. The third-order valence-electron chi connectivity index (χ3n) is 3.38. The molecule has 0 amide bonds. The molecule has 96 valence electrons. The largest absolute Gasteiger partial charge is 0.393 e. The van der Waals surface area contributed by atoms with Crippen molar-refractivity contribution in [2.75, 3.05) is 13.1 Å². The number of rotatable bonds is 4. The van der Waals surface area contributed by atoms with Crippen molar-refractivity contribution in [2.24, 2.45) is 0 Å². The van der Waals surface area contributed by atoms with Crippen LogP contribution in [0.1, 0.15) is 37.8 Å². The van der Waals surface area contributed by atoms with Crippen LogP contribution in [0.4, 0.5) is 0 Å². The number of aliphatic hydroxyl groups is 1. The molecule has 1 fully saturated rings. The molecule has 0 aliphatic carbocycles. The van der Waals surface area contributed by atoms with Gasteiger partial charge in [-0.2, -0.15) is 0 Å². The van der Waals surface area contributed by atoms with Crippen molar-refractivity contribution in [3.8, 4) is 0 Å². The summed E-state index contributed by atoms with van der Waals surface area (Å²) in [6.07, 6.45) is 2.74. The van der Waals surface area contributed by atoms with Crippen LogP contribution in [0.5, 0.6) is 0 Å². The molecule has 1 saturated heterocycles. The lowest BCUT2D eigenvalue weighted by atomic mass is 10.1. The van der Waals surface area contributed by atoms with Crippen molar-refractivity contribution in [2.45, 2.75) is 52.3 Å². The van der Waals surface area contributed by atoms with E-state index in [0.717, 1.165) is 57.1 Å². The van der Waals surface area contributed by atoms with E-state index in [1.54, 1.807) is 0 Å². The fourth-order valence-corrected chi connectivity index (χ4v) is 2.33. The number of hydrogen-bond acceptors (Lipinski definition) is 4. The number of aryl methyl sites for hydroxylation is 1. The average molecular weight is 238 g/mol. The lowest BCUT2D eigenvalue weighted by Gasteiger charge is -2.29. The molecule has 0 unspecified atom stereocenters. The molecule has 0 bridgehead atoms. The van der Waals surface area contributed by atoms with Gasteiger partial charge in [0.2, 0.25) is 0 Å². The van der Waals surface area contributed by atoms with Crippen molar-refractivity contribution < 1.29 is 5.11 Å². The highest BCUT2D eigenvalue weighted by Gasteiger charge is 2.19. The molecule has 1 aliphatic rings. The van der Waals surface area contributed by atoms with E-state index >= 15 is 0 Å². The van der Waals surface area contributed by atoms with Gasteiger partial charge in [-0.05, 0) is 26.2 Å². The van der Waals surface area contributed by atoms with Gasteiger partial charge in [-0.1, -0.05) is 6.92 Å². The van der Waals surface area contributed by atoms with Gasteiger partial charge in [0, 0.05) is 19.6 Å². The van der Waals surface area contributed by atoms with Crippen molar-refractivity contribution >= 4 is 0 Å². The zero-order valence-corrected chi connectivity index (χ0v) is 10.8. The van der Waals surface area contributed by atoms with Crippen LogP contribution < -0.4 is 0 Å². The first-order valence-electron chi connectivity index (χ1n) is 6.49. The predicted octanol–water partition coefficient (Wildman–Crippen LogP) is 0.953. The Morgan fingerprint density at radius 1 is 1.29 bits per heavy atom. The fourth-order valence-electron chi connectivity index (χ4n) is 2.33. The van der Waals surface area contributed by atoms with Gasteiger partial charge in [0.25, 0.3) is 0 Å². The van der Waals surface area contributed by atoms with Gasteiger partial charge in [0.05, 0.1) is 12.6 Å². The number of piperidine rings is 1. The predicted molar refractivity (Wildman–Crippen MR) is 65.6 cm³/mol. The summed E-state index contributed by atoms with van der Waals surface area (Å²) in [5.41, 5.74) is 0. The summed E-state index contributed by atoms with van der Waals surface area (Å²) >= 11 is 0. The standard InChI is InChI=1S/C12H22N4O/c1-3-6-16-10(2)13-14-12(16)9-15-7-4-11(17)5-8-15/h11,17H,3-9H2,1-2H3. The minimum absolute atomic E-state index is 0.110. The second-order valence-corrected chi connectivity index (χ2v) is 4.82. The summed E-state index contributed by atoms with van der Waals surface area (Å²) in [6.45, 7) is 7.93. The van der Waals surface area contributed by atoms with Gasteiger partial charge in [-0.3, -0.25) is 4.90 Å². The Morgan fingerprint density at radius 3 is 2.65 bits per heavy atom. The minimum Gasteiger partial charge on any atom is -0.393 e. The average Bonchev–Trinajstić information content (AvgIpc) is 2.65. The highest BCUT2D eigenvalue weighted by Crippen LogP contribution is 2.13. The van der Waals surface area contributed by atoms with Crippen molar-refractivity contribution in [1.29, 1.82) is 0 Å². The molecule has 0 aromatic carbocycles. The number of aromatic nitrogens is 3. The maximum Gasteiger partial charge on any atom is 0.147 e. The molecule has 0 saturated carbocycles. The van der Waals surface area contributed by atoms with Crippen LogP contribution in [0.3, 0.4) is 0 Å². The minimum atomic E-state index is -0.110. The van der Waals surface area contributed by atoms with Crippen LogP contribution in [0, 0.1) is 6.92 Å². The molecule has 1 aromatic heterocycles. The Hall–Kier alpha value is -0.940. The van der Waals surface area contributed by atoms with E-state index in [2.05, 4.69) is 26.6 Å². The molecule has 0 atom stereocenters. The van der Waals surface area contributed by atoms with Gasteiger partial charge in [0.15, 0.2) is 0 Å². The first kappa shape index (κ1) is 12.5. The van der Waals surface area contributed by atoms with Crippen LogP contribution in [0.15, 0.2) is 0 Å². The molecular formula is C12H22N4O. The van der Waals surface area contributed by atoms with E-state index in [9.17, 15) is 5.11 Å². The molecule has 2 heterocycles. The van der Waals surface area contributed by atoms with Gasteiger partial charge in [-0.25, -0.2) is 0 Å². The SMILES string of the molecule is CCCn1c(C)nnc1CN1CCC(O)CC1. The quantitative estimate of drug-likeness (QED) is 0.848. The highest BCUT2D eigenvalue weighted by atomic mass is 16.3. The van der Waals surface area contributed by atoms with E-state index in [0.29, 0.717) is 0 Å². The molecule has 0 spiro atoms. The monoisotopic (exact) mass is 238 g/mol. The van der Waals surface area contributed by atoms with E-state index < -0.39 is 0 Å². The Kier molecular flexibility index (Phi) is 4.12. The maximum atomic E-state index is 9.48. The third kappa shape index (κ3) is 3.04. The van der Waals surface area contributed by atoms with Gasteiger partial charge in [0.1, 0.15) is 11.6 Å². The molecule has 1 aromatic rings. The molecule has 2 rings (SSSR count). The highest BCUT2D eigenvalue weighted by molar-refractivity contribution is 4.94. The van der Waals surface area contributed by atoms with Gasteiger partial charge >= 0.3 is 0 Å². The maximum absolute atomic E-state index is 9.48. The van der Waals surface area contributed by atoms with Gasteiger partial charge < -0.3 is 9.67 Å². The molecule has 5 heteroatoms. The zero-order chi connectivity index (χ0) is 12.3. The van der Waals surface area contributed by atoms with E-state index in [1.165, 1.54) is 0 Å². The molecule has 0 radical (unpaired) electrons. The summed E-state index contributed by atoms with van der Waals surface area (Å²) in [6, 6.07) is 0. The normalized spacial score (nSPS) is 18.8. The van der Waals surface area contributed by atoms with Crippen LogP contribution in [0.25, 0.3) is 0 Å². The van der Waals surface area contributed by atoms with Gasteiger partial charge in [-0.15, -0.1) is 10.2 Å². The Balaban J connectivity index is 1.98. The zero-order valence-electron chi connectivity index (χ0n) is 10.8. The molecule has 1 N–H and O–H groups in total. The van der Waals surface area contributed by atoms with Crippen LogP contribution in [-0.4, -0.2) is 44.0 Å². The van der Waals surface area contributed by atoms with Crippen molar-refractivity contribution in [3.05, 3.63) is 11.6 Å². The molecule has 17 heavy (non-hydrogen) atoms. The summed E-state index contributed by atoms with van der Waals surface area (Å²) in [5, 5.41) is 17.9. The van der Waals surface area contributed by atoms with E-state index in [4.69, 9.17) is 0 Å². The Bertz CT molecular complexity index is 355. The van der Waals surface area contributed by atoms with Crippen LogP contribution in [0.2, 0.25) is 0 Å². The summed E-state index contributed by atoms with van der Waals surface area (Å²) in [4.78, 5) is 2.35. The number of nitrogens with zero attached hydrogens (tertiary/aromatic N) is 4. The van der Waals surface area contributed by atoms with Crippen molar-refractivity contribution in [3.63, 3.8) is 0 Å². The van der Waals surface area contributed by atoms with E-state index in [-0.39, 0.29) is 6.10 Å². The van der Waals surface area contributed by atoms with E-state index in [1.807, 2.05) is 6.92 Å². The first-order valence-corrected chi connectivity index (χ1v) is 6.49. The second-order valence-electron chi connectivity index (χ2n) is 4.82. The number of hydrogen-bond donors (Lipinski definition) is 1. The lowest BCUT2D eigenvalue weighted by Crippen LogP contribution is -2.36. The number of aliphatic hydroxyl groups excluding tert-OH is 1. The second kappa shape index (κ2) is 5.60. The summed E-state index contributed by atoms with van der Waals surface area (Å²) in [5.74, 6) is 2.06. The summed E-state index contributed by atoms with van der Waals surface area (Å²) < 4.78 is 2.20. The van der Waals surface area contributed by atoms with Crippen LogP contribution in [-0.2, 0) is 13.1 Å². The lowest BCUT2D eigenvalue weighted by molar-refractivity contribution is 0.0774. The molecular weight excluding hydrogens is 216 g/mol. The first-order chi connectivity index (χ1) is 8.20. The smallest absolute Gasteiger partial charge is 0.147 e. The summed E-state index contributed by atoms with van der Waals surface area (Å²) in [7, 11) is 0. The Morgan fingerprint density at radius 2 is 2.00 bits per heavy atom.